The van der Waals surface area contributed by atoms with Crippen LogP contribution in [-0.2, 0) is 0 Å². The van der Waals surface area contributed by atoms with Crippen LogP contribution in [-0.4, -0.2) is 0 Å². The zero-order valence-electron chi connectivity index (χ0n) is 10.2. The lowest BCUT2D eigenvalue weighted by atomic mass is 9.59. The number of rotatable bonds is 0. The van der Waals surface area contributed by atoms with Gasteiger partial charge in [-0.3, -0.25) is 0 Å². The van der Waals surface area contributed by atoms with E-state index in [0.717, 1.165) is 17.8 Å². The van der Waals surface area contributed by atoms with Crippen LogP contribution in [0.4, 0.5) is 0 Å². The largest absolute Gasteiger partial charge is 0.0599 e. The summed E-state index contributed by atoms with van der Waals surface area (Å²) in [5.41, 5.74) is 0.556. The van der Waals surface area contributed by atoms with Gasteiger partial charge >= 0.3 is 0 Å². The van der Waals surface area contributed by atoms with Crippen molar-refractivity contribution in [3.05, 3.63) is 0 Å². The molecule has 3 unspecified atom stereocenters. The highest BCUT2D eigenvalue weighted by molar-refractivity contribution is 4.90. The van der Waals surface area contributed by atoms with Crippen molar-refractivity contribution in [3.63, 3.8) is 0 Å². The molecule has 0 bridgehead atoms. The van der Waals surface area contributed by atoms with E-state index in [1.807, 2.05) is 0 Å². The second kappa shape index (κ2) is 3.87. The Morgan fingerprint density at radius 1 is 0.786 bits per heavy atom. The summed E-state index contributed by atoms with van der Waals surface area (Å²) in [6.07, 6.45) is 10.6. The van der Waals surface area contributed by atoms with E-state index in [2.05, 4.69) is 20.8 Å². The van der Waals surface area contributed by atoms with Gasteiger partial charge in [-0.1, -0.05) is 52.9 Å². The van der Waals surface area contributed by atoms with Crippen LogP contribution >= 0.6 is 0 Å². The molecule has 0 amide bonds. The Bertz CT molecular complexity index is 185. The molecule has 0 N–H and O–H groups in total. The van der Waals surface area contributed by atoms with E-state index in [-0.39, 0.29) is 0 Å². The van der Waals surface area contributed by atoms with Gasteiger partial charge in [0.25, 0.3) is 0 Å². The lowest BCUT2D eigenvalue weighted by Gasteiger charge is -2.47. The third-order valence-corrected chi connectivity index (χ3v) is 4.69. The molecule has 0 aromatic rings. The maximum atomic E-state index is 2.45. The maximum Gasteiger partial charge on any atom is -0.0334 e. The summed E-state index contributed by atoms with van der Waals surface area (Å²) in [5, 5.41) is 0. The summed E-state index contributed by atoms with van der Waals surface area (Å²) in [6.45, 7) is 7.36. The molecule has 0 nitrogen and oxygen atoms in total. The summed E-state index contributed by atoms with van der Waals surface area (Å²) >= 11 is 0. The first-order valence-electron chi connectivity index (χ1n) is 6.59. The SMILES string of the molecule is CC(C)(C)C1CCCC2CCCCC21. The van der Waals surface area contributed by atoms with E-state index in [1.54, 1.807) is 0 Å². The lowest BCUT2D eigenvalue weighted by Crippen LogP contribution is -2.37. The highest BCUT2D eigenvalue weighted by atomic mass is 14.4. The van der Waals surface area contributed by atoms with E-state index >= 15 is 0 Å². The minimum atomic E-state index is 0.556. The molecule has 2 aliphatic rings. The third kappa shape index (κ3) is 1.99. The van der Waals surface area contributed by atoms with Crippen molar-refractivity contribution < 1.29 is 0 Å². The Morgan fingerprint density at radius 2 is 1.43 bits per heavy atom. The van der Waals surface area contributed by atoms with Crippen LogP contribution in [0.3, 0.4) is 0 Å². The molecule has 0 heterocycles. The van der Waals surface area contributed by atoms with Gasteiger partial charge in [-0.25, -0.2) is 0 Å². The molecule has 2 aliphatic carbocycles. The lowest BCUT2D eigenvalue weighted by molar-refractivity contribution is 0.0331. The van der Waals surface area contributed by atoms with Gasteiger partial charge in [0.2, 0.25) is 0 Å². The molecule has 0 aromatic heterocycles. The molecular weight excluding hydrogens is 168 g/mol. The molecule has 14 heavy (non-hydrogen) atoms. The van der Waals surface area contributed by atoms with Gasteiger partial charge < -0.3 is 0 Å². The van der Waals surface area contributed by atoms with Gasteiger partial charge in [0.1, 0.15) is 0 Å². The molecule has 0 aliphatic heterocycles. The number of hydrogen-bond donors (Lipinski definition) is 0. The molecule has 0 spiro atoms. The van der Waals surface area contributed by atoms with Crippen LogP contribution in [0.2, 0.25) is 0 Å². The smallest absolute Gasteiger partial charge is 0.0334 e. The van der Waals surface area contributed by atoms with Gasteiger partial charge in [0.15, 0.2) is 0 Å². The molecule has 2 rings (SSSR count). The summed E-state index contributed by atoms with van der Waals surface area (Å²) in [6, 6.07) is 0. The van der Waals surface area contributed by atoms with Crippen LogP contribution in [0.1, 0.15) is 65.7 Å². The van der Waals surface area contributed by atoms with Crippen molar-refractivity contribution in [1.82, 2.24) is 0 Å². The minimum absolute atomic E-state index is 0.556. The maximum absolute atomic E-state index is 2.45. The molecule has 0 saturated heterocycles. The van der Waals surface area contributed by atoms with Crippen LogP contribution in [0, 0.1) is 23.2 Å². The average molecular weight is 194 g/mol. The highest BCUT2D eigenvalue weighted by Crippen LogP contribution is 2.49. The zero-order valence-corrected chi connectivity index (χ0v) is 10.2. The summed E-state index contributed by atoms with van der Waals surface area (Å²) in [5.74, 6) is 3.20. The third-order valence-electron chi connectivity index (χ3n) is 4.69. The average Bonchev–Trinajstić information content (AvgIpc) is 2.15. The Balaban J connectivity index is 2.09. The Kier molecular flexibility index (Phi) is 2.91. The highest BCUT2D eigenvalue weighted by Gasteiger charge is 2.39. The molecule has 3 atom stereocenters. The van der Waals surface area contributed by atoms with Crippen molar-refractivity contribution in [2.75, 3.05) is 0 Å². The van der Waals surface area contributed by atoms with Crippen LogP contribution in [0.25, 0.3) is 0 Å². The summed E-state index contributed by atoms with van der Waals surface area (Å²) in [4.78, 5) is 0. The van der Waals surface area contributed by atoms with E-state index in [1.165, 1.54) is 44.9 Å². The molecule has 82 valence electrons. The Hall–Kier alpha value is 0. The summed E-state index contributed by atoms with van der Waals surface area (Å²) in [7, 11) is 0. The van der Waals surface area contributed by atoms with E-state index < -0.39 is 0 Å². The van der Waals surface area contributed by atoms with Crippen molar-refractivity contribution in [2.24, 2.45) is 23.2 Å². The fourth-order valence-corrected chi connectivity index (χ4v) is 4.01. The second-order valence-corrected chi connectivity index (χ2v) is 6.61. The van der Waals surface area contributed by atoms with Crippen LogP contribution in [0.5, 0.6) is 0 Å². The van der Waals surface area contributed by atoms with Gasteiger partial charge in [-0.15, -0.1) is 0 Å². The first-order valence-corrected chi connectivity index (χ1v) is 6.59. The summed E-state index contributed by atoms with van der Waals surface area (Å²) < 4.78 is 0. The zero-order chi connectivity index (χ0) is 10.2. The molecule has 0 aromatic carbocycles. The minimum Gasteiger partial charge on any atom is -0.0599 e. The first kappa shape index (κ1) is 10.5. The van der Waals surface area contributed by atoms with E-state index in [0.29, 0.717) is 5.41 Å². The second-order valence-electron chi connectivity index (χ2n) is 6.61. The molecule has 2 fully saturated rings. The Morgan fingerprint density at radius 3 is 2.14 bits per heavy atom. The van der Waals surface area contributed by atoms with E-state index in [4.69, 9.17) is 0 Å². The Labute approximate surface area is 89.5 Å². The topological polar surface area (TPSA) is 0 Å². The monoisotopic (exact) mass is 194 g/mol. The number of hydrogen-bond acceptors (Lipinski definition) is 0. The molecular formula is C14H26. The van der Waals surface area contributed by atoms with E-state index in [9.17, 15) is 0 Å². The van der Waals surface area contributed by atoms with Crippen LogP contribution in [0.15, 0.2) is 0 Å². The van der Waals surface area contributed by atoms with Gasteiger partial charge in [-0.2, -0.15) is 0 Å². The van der Waals surface area contributed by atoms with Gasteiger partial charge in [-0.05, 0) is 36.0 Å². The van der Waals surface area contributed by atoms with Crippen molar-refractivity contribution in [2.45, 2.75) is 65.7 Å². The normalized spacial score (nSPS) is 39.2. The van der Waals surface area contributed by atoms with Crippen LogP contribution < -0.4 is 0 Å². The molecule has 0 heteroatoms. The standard InChI is InChI=1S/C14H26/c1-14(2,3)13-10-6-8-11-7-4-5-9-12(11)13/h11-13H,4-10H2,1-3H3. The predicted molar refractivity (Wildman–Crippen MR) is 62.2 cm³/mol. The van der Waals surface area contributed by atoms with Crippen molar-refractivity contribution >= 4 is 0 Å². The quantitative estimate of drug-likeness (QED) is 0.527. The first-order chi connectivity index (χ1) is 6.59. The molecule has 2 saturated carbocycles. The fourth-order valence-electron chi connectivity index (χ4n) is 4.01. The fraction of sp³-hybridized carbons (Fsp3) is 1.00. The van der Waals surface area contributed by atoms with Crippen molar-refractivity contribution in [1.29, 1.82) is 0 Å². The number of fused-ring (bicyclic) bond motifs is 1. The van der Waals surface area contributed by atoms with Gasteiger partial charge in [0, 0.05) is 0 Å². The van der Waals surface area contributed by atoms with Crippen molar-refractivity contribution in [3.8, 4) is 0 Å². The van der Waals surface area contributed by atoms with Gasteiger partial charge in [0.05, 0.1) is 0 Å². The predicted octanol–water partition coefficient (Wildman–Crippen LogP) is 4.64. The molecule has 0 radical (unpaired) electrons.